The van der Waals surface area contributed by atoms with Crippen molar-refractivity contribution < 1.29 is 0 Å². The van der Waals surface area contributed by atoms with Crippen LogP contribution in [0.2, 0.25) is 0 Å². The number of nitrogens with zero attached hydrogens (tertiary/aromatic N) is 2. The first kappa shape index (κ1) is 12.5. The second-order valence-corrected chi connectivity index (χ2v) is 4.95. The van der Waals surface area contributed by atoms with Crippen LogP contribution in [0, 0.1) is 12.8 Å². The van der Waals surface area contributed by atoms with Gasteiger partial charge in [0.05, 0.1) is 5.69 Å². The smallest absolute Gasteiger partial charge is 0.0547 e. The average Bonchev–Trinajstić information content (AvgIpc) is 2.25. The van der Waals surface area contributed by atoms with Gasteiger partial charge in [-0.3, -0.25) is 9.88 Å². The Morgan fingerprint density at radius 2 is 2.24 bits per heavy atom. The summed E-state index contributed by atoms with van der Waals surface area (Å²) in [6.07, 6.45) is 1.31. The Hall–Kier alpha value is -0.930. The van der Waals surface area contributed by atoms with Gasteiger partial charge in [-0.1, -0.05) is 13.0 Å². The number of hydrogen-bond donors (Lipinski definition) is 1. The third kappa shape index (κ3) is 3.79. The zero-order chi connectivity index (χ0) is 12.1. The maximum absolute atomic E-state index is 4.57. The van der Waals surface area contributed by atoms with Crippen LogP contribution in [0.4, 0.5) is 0 Å². The van der Waals surface area contributed by atoms with Gasteiger partial charge >= 0.3 is 0 Å². The first-order chi connectivity index (χ1) is 8.28. The molecule has 0 atom stereocenters. The lowest BCUT2D eigenvalue weighted by Crippen LogP contribution is -2.43. The van der Waals surface area contributed by atoms with E-state index in [-0.39, 0.29) is 0 Å². The van der Waals surface area contributed by atoms with Crippen LogP contribution in [-0.2, 0) is 6.54 Å². The minimum atomic E-state index is 0.898. The molecule has 3 nitrogen and oxygen atoms in total. The highest BCUT2D eigenvalue weighted by Gasteiger charge is 2.17. The number of hydrogen-bond acceptors (Lipinski definition) is 3. The van der Waals surface area contributed by atoms with Gasteiger partial charge < -0.3 is 5.32 Å². The van der Waals surface area contributed by atoms with Gasteiger partial charge in [-0.2, -0.15) is 0 Å². The van der Waals surface area contributed by atoms with Crippen LogP contribution < -0.4 is 5.32 Å². The maximum Gasteiger partial charge on any atom is 0.0547 e. The van der Waals surface area contributed by atoms with Gasteiger partial charge in [0.1, 0.15) is 0 Å². The van der Waals surface area contributed by atoms with Gasteiger partial charge in [0.15, 0.2) is 0 Å². The minimum Gasteiger partial charge on any atom is -0.316 e. The van der Waals surface area contributed by atoms with E-state index >= 15 is 0 Å². The van der Waals surface area contributed by atoms with Gasteiger partial charge in [0.25, 0.3) is 0 Å². The van der Waals surface area contributed by atoms with Gasteiger partial charge in [0.2, 0.25) is 0 Å². The van der Waals surface area contributed by atoms with E-state index < -0.39 is 0 Å². The molecular weight excluding hydrogens is 210 g/mol. The molecule has 1 N–H and O–H groups in total. The number of rotatable bonds is 6. The molecule has 1 aromatic rings. The lowest BCUT2D eigenvalue weighted by Gasteiger charge is -2.29. The highest BCUT2D eigenvalue weighted by Crippen LogP contribution is 2.11. The van der Waals surface area contributed by atoms with Crippen LogP contribution in [0.15, 0.2) is 18.2 Å². The average molecular weight is 233 g/mol. The summed E-state index contributed by atoms with van der Waals surface area (Å²) in [6, 6.07) is 6.28. The molecule has 1 aromatic heterocycles. The molecule has 0 radical (unpaired) electrons. The highest BCUT2D eigenvalue weighted by molar-refractivity contribution is 5.09. The fourth-order valence-corrected chi connectivity index (χ4v) is 2.18. The van der Waals surface area contributed by atoms with Crippen LogP contribution >= 0.6 is 0 Å². The zero-order valence-electron chi connectivity index (χ0n) is 10.9. The first-order valence-corrected chi connectivity index (χ1v) is 6.63. The van der Waals surface area contributed by atoms with Crippen LogP contribution in [0.1, 0.15) is 24.7 Å². The fourth-order valence-electron chi connectivity index (χ4n) is 2.18. The Balaban J connectivity index is 1.81. The number of pyridine rings is 1. The van der Waals surface area contributed by atoms with Crippen LogP contribution in [0.25, 0.3) is 0 Å². The van der Waals surface area contributed by atoms with Crippen molar-refractivity contribution in [2.24, 2.45) is 5.92 Å². The highest BCUT2D eigenvalue weighted by atomic mass is 15.1. The Kier molecular flexibility index (Phi) is 4.51. The van der Waals surface area contributed by atoms with Gasteiger partial charge in [-0.05, 0) is 57.6 Å². The standard InChI is InChI=1S/C14H23N3/c1-3-17(8-7-13-9-15-10-13)11-14-6-4-5-12(2)16-14/h4-6,13,15H,3,7-11H2,1-2H3. The molecule has 0 saturated carbocycles. The Bertz CT molecular complexity index is 347. The molecule has 2 rings (SSSR count). The van der Waals surface area contributed by atoms with E-state index in [1.165, 1.54) is 31.7 Å². The summed E-state index contributed by atoms with van der Waals surface area (Å²) in [7, 11) is 0. The Morgan fingerprint density at radius 3 is 2.82 bits per heavy atom. The Morgan fingerprint density at radius 1 is 1.41 bits per heavy atom. The second-order valence-electron chi connectivity index (χ2n) is 4.95. The molecule has 3 heteroatoms. The summed E-state index contributed by atoms with van der Waals surface area (Å²) in [5, 5.41) is 3.33. The molecule has 1 aliphatic heterocycles. The molecule has 0 amide bonds. The normalized spacial score (nSPS) is 16.2. The van der Waals surface area contributed by atoms with Crippen molar-refractivity contribution in [1.29, 1.82) is 0 Å². The molecule has 0 aromatic carbocycles. The first-order valence-electron chi connectivity index (χ1n) is 6.63. The van der Waals surface area contributed by atoms with E-state index in [0.717, 1.165) is 24.7 Å². The van der Waals surface area contributed by atoms with Crippen molar-refractivity contribution in [1.82, 2.24) is 15.2 Å². The molecule has 1 saturated heterocycles. The largest absolute Gasteiger partial charge is 0.316 e. The number of nitrogens with one attached hydrogen (secondary N) is 1. The van der Waals surface area contributed by atoms with Crippen molar-refractivity contribution in [3.63, 3.8) is 0 Å². The summed E-state index contributed by atoms with van der Waals surface area (Å²) in [5.41, 5.74) is 2.31. The van der Waals surface area contributed by atoms with Crippen molar-refractivity contribution in [3.05, 3.63) is 29.6 Å². The summed E-state index contributed by atoms with van der Waals surface area (Å²) in [4.78, 5) is 7.05. The summed E-state index contributed by atoms with van der Waals surface area (Å²) in [5.74, 6) is 0.898. The van der Waals surface area contributed by atoms with E-state index in [9.17, 15) is 0 Å². The molecule has 94 valence electrons. The van der Waals surface area contributed by atoms with Crippen LogP contribution in [0.3, 0.4) is 0 Å². The molecule has 1 fully saturated rings. The summed E-state index contributed by atoms with van der Waals surface area (Å²) >= 11 is 0. The number of aryl methyl sites for hydroxylation is 1. The van der Waals surface area contributed by atoms with E-state index in [1.807, 2.05) is 0 Å². The summed E-state index contributed by atoms with van der Waals surface area (Å²) < 4.78 is 0. The fraction of sp³-hybridized carbons (Fsp3) is 0.643. The van der Waals surface area contributed by atoms with Crippen molar-refractivity contribution >= 4 is 0 Å². The van der Waals surface area contributed by atoms with Crippen LogP contribution in [-0.4, -0.2) is 36.1 Å². The molecule has 1 aliphatic rings. The monoisotopic (exact) mass is 233 g/mol. The van der Waals surface area contributed by atoms with Gasteiger partial charge in [-0.15, -0.1) is 0 Å². The maximum atomic E-state index is 4.57. The molecule has 17 heavy (non-hydrogen) atoms. The van der Waals surface area contributed by atoms with Crippen molar-refractivity contribution in [3.8, 4) is 0 Å². The lowest BCUT2D eigenvalue weighted by atomic mass is 9.99. The predicted molar refractivity (Wildman–Crippen MR) is 70.9 cm³/mol. The third-order valence-corrected chi connectivity index (χ3v) is 3.50. The third-order valence-electron chi connectivity index (χ3n) is 3.50. The topological polar surface area (TPSA) is 28.2 Å². The molecule has 0 bridgehead atoms. The molecular formula is C14H23N3. The SMILES string of the molecule is CCN(CCC1CNC1)Cc1cccc(C)n1. The Labute approximate surface area is 104 Å². The molecule has 0 aliphatic carbocycles. The van der Waals surface area contributed by atoms with Gasteiger partial charge in [0, 0.05) is 12.2 Å². The lowest BCUT2D eigenvalue weighted by molar-refractivity contribution is 0.226. The van der Waals surface area contributed by atoms with E-state index in [1.54, 1.807) is 0 Å². The van der Waals surface area contributed by atoms with Crippen molar-refractivity contribution in [2.45, 2.75) is 26.8 Å². The van der Waals surface area contributed by atoms with E-state index in [2.05, 4.69) is 47.2 Å². The summed E-state index contributed by atoms with van der Waals surface area (Å²) in [6.45, 7) is 9.99. The molecule has 2 heterocycles. The minimum absolute atomic E-state index is 0.898. The molecule has 0 spiro atoms. The van der Waals surface area contributed by atoms with E-state index in [0.29, 0.717) is 0 Å². The van der Waals surface area contributed by atoms with Gasteiger partial charge in [-0.25, -0.2) is 0 Å². The zero-order valence-corrected chi connectivity index (χ0v) is 10.9. The number of aromatic nitrogens is 1. The second kappa shape index (κ2) is 6.12. The van der Waals surface area contributed by atoms with Crippen molar-refractivity contribution in [2.75, 3.05) is 26.2 Å². The quantitative estimate of drug-likeness (QED) is 0.812. The van der Waals surface area contributed by atoms with E-state index in [4.69, 9.17) is 0 Å². The van der Waals surface area contributed by atoms with Crippen LogP contribution in [0.5, 0.6) is 0 Å². The predicted octanol–water partition coefficient (Wildman–Crippen LogP) is 1.82. The molecule has 0 unspecified atom stereocenters.